The molecule has 11 heavy (non-hydrogen) atoms. The van der Waals surface area contributed by atoms with Gasteiger partial charge in [-0.1, -0.05) is 0 Å². The van der Waals surface area contributed by atoms with Gasteiger partial charge in [0.05, 0.1) is 0 Å². The maximum atomic E-state index is 11.0. The molecule has 1 aliphatic rings. The SMILES string of the molecule is C[P]1(=[Au][Cl])CCS(=O)(=O)CC1. The zero-order chi connectivity index (χ0) is 8.54. The van der Waals surface area contributed by atoms with E-state index in [0.29, 0.717) is 11.5 Å². The number of halogens is 1. The first-order valence-corrected chi connectivity index (χ1v) is 13.1. The van der Waals surface area contributed by atoms with Gasteiger partial charge >= 0.3 is 80.3 Å². The Morgan fingerprint density at radius 3 is 2.18 bits per heavy atom. The molecule has 6 heteroatoms. The van der Waals surface area contributed by atoms with Gasteiger partial charge in [-0.15, -0.1) is 0 Å². The molecular weight excluding hydrogens is 388 g/mol. The fourth-order valence-electron chi connectivity index (χ4n) is 0.910. The Bertz CT molecular complexity index is 280. The van der Waals surface area contributed by atoms with Crippen LogP contribution in [0.2, 0.25) is 0 Å². The van der Waals surface area contributed by atoms with Gasteiger partial charge in [0.25, 0.3) is 0 Å². The molecule has 0 aromatic heterocycles. The Kier molecular flexibility index (Phi) is 3.48. The average Bonchev–Trinajstić information content (AvgIpc) is 1.97. The Morgan fingerprint density at radius 2 is 1.82 bits per heavy atom. The molecule has 0 atom stereocenters. The van der Waals surface area contributed by atoms with Crippen LogP contribution in [0.1, 0.15) is 0 Å². The van der Waals surface area contributed by atoms with Crippen molar-refractivity contribution in [2.24, 2.45) is 0 Å². The zero-order valence-electron chi connectivity index (χ0n) is 6.18. The third-order valence-corrected chi connectivity index (χ3v) is 18.2. The molecule has 2 nitrogen and oxygen atoms in total. The topological polar surface area (TPSA) is 34.1 Å². The molecule has 0 radical (unpaired) electrons. The number of hydrogen-bond acceptors (Lipinski definition) is 2. The van der Waals surface area contributed by atoms with Gasteiger partial charge in [-0.25, -0.2) is 0 Å². The number of rotatable bonds is 0. The molecule has 0 amide bonds. The third kappa shape index (κ3) is 2.98. The van der Waals surface area contributed by atoms with Crippen LogP contribution >= 0.6 is 13.9 Å². The number of hydrogen-bond donors (Lipinski definition) is 0. The van der Waals surface area contributed by atoms with Crippen molar-refractivity contribution in [3.63, 3.8) is 0 Å². The van der Waals surface area contributed by atoms with Crippen molar-refractivity contribution in [1.82, 2.24) is 0 Å². The molecule has 0 N–H and O–H groups in total. The van der Waals surface area contributed by atoms with Crippen molar-refractivity contribution in [2.45, 2.75) is 0 Å². The summed E-state index contributed by atoms with van der Waals surface area (Å²) in [6.45, 7) is 2.20. The second-order valence-electron chi connectivity index (χ2n) is 2.83. The molecular formula is C5H11AuClO2PS. The molecule has 1 saturated heterocycles. The van der Waals surface area contributed by atoms with Crippen LogP contribution < -0.4 is 0 Å². The molecule has 0 bridgehead atoms. The summed E-state index contributed by atoms with van der Waals surface area (Å²) in [6, 6.07) is 0. The molecule has 72 valence electrons. The monoisotopic (exact) mass is 398 g/mol. The van der Waals surface area contributed by atoms with Crippen LogP contribution in [-0.4, -0.2) is 38.9 Å². The first kappa shape index (κ1) is 10.5. The van der Waals surface area contributed by atoms with Crippen molar-refractivity contribution in [3.8, 4) is 0 Å². The van der Waals surface area contributed by atoms with E-state index in [-0.39, 0.29) is 17.6 Å². The molecule has 1 heterocycles. The quantitative estimate of drug-likeness (QED) is 0.454. The normalized spacial score (nSPS) is 28.5. The van der Waals surface area contributed by atoms with E-state index in [1.54, 1.807) is 0 Å². The summed E-state index contributed by atoms with van der Waals surface area (Å²) in [6.07, 6.45) is 1.75. The van der Waals surface area contributed by atoms with Gasteiger partial charge in [0, 0.05) is 0 Å². The van der Waals surface area contributed by atoms with Crippen molar-refractivity contribution in [3.05, 3.63) is 0 Å². The Hall–Kier alpha value is 1.41. The van der Waals surface area contributed by atoms with E-state index >= 15 is 0 Å². The van der Waals surface area contributed by atoms with Gasteiger partial charge in [-0.05, 0) is 0 Å². The molecule has 0 aromatic carbocycles. The fraction of sp³-hybridized carbons (Fsp3) is 1.00. The minimum absolute atomic E-state index is 0.116. The first-order chi connectivity index (χ1) is 4.97. The van der Waals surface area contributed by atoms with Crippen LogP contribution in [0.5, 0.6) is 0 Å². The number of sulfone groups is 1. The Balaban J connectivity index is 2.78. The van der Waals surface area contributed by atoms with Gasteiger partial charge < -0.3 is 0 Å². The predicted octanol–water partition coefficient (Wildman–Crippen LogP) is 1.21. The summed E-state index contributed by atoms with van der Waals surface area (Å²) >= 11 is -0.116. The molecule has 0 saturated carbocycles. The van der Waals surface area contributed by atoms with Gasteiger partial charge in [0.1, 0.15) is 0 Å². The van der Waals surface area contributed by atoms with Gasteiger partial charge in [-0.3, -0.25) is 0 Å². The molecule has 1 aliphatic heterocycles. The van der Waals surface area contributed by atoms with Crippen LogP contribution in [0.15, 0.2) is 0 Å². The maximum absolute atomic E-state index is 11.0. The summed E-state index contributed by atoms with van der Waals surface area (Å²) in [5.41, 5.74) is 0. The first-order valence-electron chi connectivity index (χ1n) is 3.24. The Labute approximate surface area is 79.9 Å². The standard InChI is InChI=1S/C5H11O2PS.Au.ClH/c1-8-2-4-9(6,7)5-3-8;;/h2-5H2,1H3;;1H/q;+1;/p-1. The van der Waals surface area contributed by atoms with E-state index in [9.17, 15) is 8.42 Å². The van der Waals surface area contributed by atoms with Crippen LogP contribution in [0.25, 0.3) is 0 Å². The fourth-order valence-corrected chi connectivity index (χ4v) is 13.8. The third-order valence-electron chi connectivity index (χ3n) is 1.83. The molecule has 0 spiro atoms. The summed E-state index contributed by atoms with van der Waals surface area (Å²) in [5, 5.41) is 0. The zero-order valence-corrected chi connectivity index (χ0v) is 10.8. The van der Waals surface area contributed by atoms with Gasteiger partial charge in [0.2, 0.25) is 0 Å². The van der Waals surface area contributed by atoms with Gasteiger partial charge in [0.15, 0.2) is 0 Å². The van der Waals surface area contributed by atoms with E-state index in [2.05, 4.69) is 6.66 Å². The summed E-state index contributed by atoms with van der Waals surface area (Å²) in [7, 11) is 3.19. The molecule has 0 aromatic rings. The minimum atomic E-state index is -2.68. The van der Waals surface area contributed by atoms with Crippen LogP contribution in [-0.2, 0) is 27.5 Å². The van der Waals surface area contributed by atoms with Crippen LogP contribution in [0.3, 0.4) is 0 Å². The van der Waals surface area contributed by atoms with Crippen LogP contribution in [0, 0.1) is 0 Å². The Morgan fingerprint density at radius 1 is 1.36 bits per heavy atom. The summed E-state index contributed by atoms with van der Waals surface area (Å²) < 4.78 is 21.1. The van der Waals surface area contributed by atoms with Crippen molar-refractivity contribution in [1.29, 1.82) is 0 Å². The summed E-state index contributed by atoms with van der Waals surface area (Å²) in [4.78, 5) is 0. The van der Waals surface area contributed by atoms with Crippen molar-refractivity contribution < 1.29 is 26.1 Å². The van der Waals surface area contributed by atoms with E-state index in [0.717, 1.165) is 12.3 Å². The molecule has 1 rings (SSSR count). The van der Waals surface area contributed by atoms with Crippen molar-refractivity contribution in [2.75, 3.05) is 30.5 Å². The second kappa shape index (κ2) is 3.65. The van der Waals surface area contributed by atoms with Gasteiger partial charge in [-0.2, -0.15) is 0 Å². The second-order valence-corrected chi connectivity index (χ2v) is 19.1. The molecule has 1 fully saturated rings. The van der Waals surface area contributed by atoms with E-state index < -0.39 is 14.5 Å². The van der Waals surface area contributed by atoms with Crippen LogP contribution in [0.4, 0.5) is 0 Å². The molecule has 0 aliphatic carbocycles. The predicted molar refractivity (Wildman–Crippen MR) is 47.1 cm³/mol. The van der Waals surface area contributed by atoms with E-state index in [4.69, 9.17) is 9.19 Å². The van der Waals surface area contributed by atoms with E-state index in [1.807, 2.05) is 0 Å². The summed E-state index contributed by atoms with van der Waals surface area (Å²) in [5.74, 6) is 0.779. The molecule has 0 unspecified atom stereocenters. The average molecular weight is 399 g/mol. The van der Waals surface area contributed by atoms with Crippen molar-refractivity contribution >= 4 is 23.7 Å². The van der Waals surface area contributed by atoms with E-state index in [1.165, 1.54) is 0 Å².